The molecule has 0 spiro atoms. The minimum Gasteiger partial charge on any atom is -0.374 e. The zero-order valence-electron chi connectivity index (χ0n) is 7.83. The average Bonchev–Trinajstić information content (AvgIpc) is 2.08. The summed E-state index contributed by atoms with van der Waals surface area (Å²) in [6.45, 7) is 1.21. The number of aromatic amines is 1. The van der Waals surface area contributed by atoms with E-state index in [0.717, 1.165) is 12.1 Å². The van der Waals surface area contributed by atoms with Crippen molar-refractivity contribution in [2.24, 2.45) is 0 Å². The molecule has 0 aliphatic carbocycles. The SMILES string of the molecule is Cc1[nH]c(=O)ccc1OS(=O)(=O)C(F)(F)F. The lowest BCUT2D eigenvalue weighted by Gasteiger charge is -2.10. The lowest BCUT2D eigenvalue weighted by atomic mass is 10.3. The average molecular weight is 257 g/mol. The summed E-state index contributed by atoms with van der Waals surface area (Å²) in [6.07, 6.45) is 0. The quantitative estimate of drug-likeness (QED) is 0.631. The molecule has 0 fully saturated rings. The van der Waals surface area contributed by atoms with Gasteiger partial charge in [-0.1, -0.05) is 0 Å². The van der Waals surface area contributed by atoms with Gasteiger partial charge in [0.1, 0.15) is 0 Å². The van der Waals surface area contributed by atoms with Crippen molar-refractivity contribution in [3.05, 3.63) is 28.2 Å². The van der Waals surface area contributed by atoms with E-state index in [1.807, 2.05) is 0 Å². The van der Waals surface area contributed by atoms with Crippen molar-refractivity contribution in [1.82, 2.24) is 4.98 Å². The van der Waals surface area contributed by atoms with Crippen LogP contribution in [0.1, 0.15) is 5.69 Å². The highest BCUT2D eigenvalue weighted by molar-refractivity contribution is 7.88. The van der Waals surface area contributed by atoms with Gasteiger partial charge < -0.3 is 9.17 Å². The number of halogens is 3. The summed E-state index contributed by atoms with van der Waals surface area (Å²) in [4.78, 5) is 12.8. The Kier molecular flexibility index (Phi) is 2.99. The molecule has 9 heteroatoms. The van der Waals surface area contributed by atoms with E-state index in [1.54, 1.807) is 0 Å². The maximum absolute atomic E-state index is 11.9. The van der Waals surface area contributed by atoms with Crippen molar-refractivity contribution >= 4 is 10.1 Å². The second-order valence-corrected chi connectivity index (χ2v) is 4.33. The molecule has 0 bridgehead atoms. The highest BCUT2D eigenvalue weighted by atomic mass is 32.2. The van der Waals surface area contributed by atoms with Crippen molar-refractivity contribution in [2.75, 3.05) is 0 Å². The Balaban J connectivity index is 3.12. The fraction of sp³-hybridized carbons (Fsp3) is 0.286. The van der Waals surface area contributed by atoms with E-state index < -0.39 is 26.9 Å². The van der Waals surface area contributed by atoms with E-state index in [-0.39, 0.29) is 5.69 Å². The van der Waals surface area contributed by atoms with Gasteiger partial charge >= 0.3 is 15.6 Å². The van der Waals surface area contributed by atoms with Crippen molar-refractivity contribution in [2.45, 2.75) is 12.4 Å². The van der Waals surface area contributed by atoms with Crippen LogP contribution >= 0.6 is 0 Å². The lowest BCUT2D eigenvalue weighted by molar-refractivity contribution is -0.0500. The summed E-state index contributed by atoms with van der Waals surface area (Å²) >= 11 is 0. The molecule has 16 heavy (non-hydrogen) atoms. The molecule has 0 radical (unpaired) electrons. The zero-order chi connectivity index (χ0) is 12.6. The van der Waals surface area contributed by atoms with Gasteiger partial charge in [-0.3, -0.25) is 4.79 Å². The first-order chi connectivity index (χ1) is 7.13. The van der Waals surface area contributed by atoms with Gasteiger partial charge in [-0.25, -0.2) is 0 Å². The smallest absolute Gasteiger partial charge is 0.374 e. The number of aryl methyl sites for hydroxylation is 1. The van der Waals surface area contributed by atoms with Crippen molar-refractivity contribution in [1.29, 1.82) is 0 Å². The summed E-state index contributed by atoms with van der Waals surface area (Å²) in [5.74, 6) is -0.572. The Bertz CT molecular complexity index is 545. The second-order valence-electron chi connectivity index (χ2n) is 2.80. The molecule has 1 aromatic rings. The minimum atomic E-state index is -5.71. The molecule has 0 unspecified atom stereocenters. The molecule has 90 valence electrons. The fourth-order valence-corrected chi connectivity index (χ4v) is 1.33. The third-order valence-electron chi connectivity index (χ3n) is 1.55. The summed E-state index contributed by atoms with van der Waals surface area (Å²) in [5, 5.41) is 0. The van der Waals surface area contributed by atoms with Crippen LogP contribution in [-0.4, -0.2) is 18.9 Å². The Morgan fingerprint density at radius 1 is 1.31 bits per heavy atom. The molecular weight excluding hydrogens is 251 g/mol. The van der Waals surface area contributed by atoms with Gasteiger partial charge in [-0.05, 0) is 13.0 Å². The third-order valence-corrected chi connectivity index (χ3v) is 2.52. The lowest BCUT2D eigenvalue weighted by Crippen LogP contribution is -2.28. The standard InChI is InChI=1S/C7H6F3NO4S/c1-4-5(2-3-6(12)11-4)15-16(13,14)7(8,9)10/h2-3H,1H3,(H,11,12). The van der Waals surface area contributed by atoms with Crippen LogP contribution in [-0.2, 0) is 10.1 Å². The number of rotatable bonds is 2. The van der Waals surface area contributed by atoms with Gasteiger partial charge in [0.15, 0.2) is 5.75 Å². The van der Waals surface area contributed by atoms with Gasteiger partial charge in [0, 0.05) is 6.07 Å². The summed E-state index contributed by atoms with van der Waals surface area (Å²) in [7, 11) is -5.71. The van der Waals surface area contributed by atoms with Crippen LogP contribution in [0.4, 0.5) is 13.2 Å². The highest BCUT2D eigenvalue weighted by Crippen LogP contribution is 2.27. The van der Waals surface area contributed by atoms with E-state index in [4.69, 9.17) is 0 Å². The van der Waals surface area contributed by atoms with E-state index in [2.05, 4.69) is 9.17 Å². The number of hydrogen-bond donors (Lipinski definition) is 1. The maximum atomic E-state index is 11.9. The Labute approximate surface area is 88.0 Å². The first-order valence-corrected chi connectivity index (χ1v) is 5.25. The number of alkyl halides is 3. The Morgan fingerprint density at radius 2 is 1.88 bits per heavy atom. The maximum Gasteiger partial charge on any atom is 0.534 e. The molecule has 1 rings (SSSR count). The topological polar surface area (TPSA) is 76.2 Å². The van der Waals surface area contributed by atoms with Gasteiger partial charge in [0.05, 0.1) is 5.69 Å². The molecule has 0 aliphatic rings. The molecule has 1 heterocycles. The molecule has 0 aromatic carbocycles. The van der Waals surface area contributed by atoms with Gasteiger partial charge in [0.2, 0.25) is 5.56 Å². The molecular formula is C7H6F3NO4S. The zero-order valence-corrected chi connectivity index (χ0v) is 8.65. The van der Waals surface area contributed by atoms with E-state index in [1.165, 1.54) is 6.92 Å². The number of pyridine rings is 1. The number of hydrogen-bond acceptors (Lipinski definition) is 4. The first kappa shape index (κ1) is 12.6. The van der Waals surface area contributed by atoms with Gasteiger partial charge in [-0.15, -0.1) is 0 Å². The van der Waals surface area contributed by atoms with E-state index in [0.29, 0.717) is 0 Å². The molecule has 0 amide bonds. The largest absolute Gasteiger partial charge is 0.534 e. The molecule has 5 nitrogen and oxygen atoms in total. The van der Waals surface area contributed by atoms with Crippen LogP contribution in [0.2, 0.25) is 0 Å². The minimum absolute atomic E-state index is 0.111. The van der Waals surface area contributed by atoms with Crippen LogP contribution in [0.25, 0.3) is 0 Å². The van der Waals surface area contributed by atoms with E-state index in [9.17, 15) is 26.4 Å². The molecule has 0 atom stereocenters. The fourth-order valence-electron chi connectivity index (χ4n) is 0.820. The summed E-state index contributed by atoms with van der Waals surface area (Å²) in [6, 6.07) is 1.70. The van der Waals surface area contributed by atoms with Crippen LogP contribution in [0.3, 0.4) is 0 Å². The van der Waals surface area contributed by atoms with Gasteiger partial charge in [0.25, 0.3) is 0 Å². The molecule has 0 aliphatic heterocycles. The van der Waals surface area contributed by atoms with E-state index >= 15 is 0 Å². The van der Waals surface area contributed by atoms with Crippen LogP contribution in [0.5, 0.6) is 5.75 Å². The number of nitrogens with one attached hydrogen (secondary N) is 1. The predicted molar refractivity (Wildman–Crippen MR) is 47.4 cm³/mol. The summed E-state index contributed by atoms with van der Waals surface area (Å²) in [5.41, 5.74) is -6.19. The summed E-state index contributed by atoms with van der Waals surface area (Å²) < 4.78 is 60.9. The highest BCUT2D eigenvalue weighted by Gasteiger charge is 2.48. The molecule has 1 N–H and O–H groups in total. The Morgan fingerprint density at radius 3 is 2.31 bits per heavy atom. The third kappa shape index (κ3) is 2.54. The normalized spacial score (nSPS) is 12.5. The number of aromatic nitrogens is 1. The first-order valence-electron chi connectivity index (χ1n) is 3.84. The monoisotopic (exact) mass is 257 g/mol. The molecule has 0 saturated carbocycles. The van der Waals surface area contributed by atoms with Crippen LogP contribution < -0.4 is 9.74 Å². The van der Waals surface area contributed by atoms with Crippen LogP contribution in [0, 0.1) is 6.92 Å². The van der Waals surface area contributed by atoms with Crippen molar-refractivity contribution in [3.8, 4) is 5.75 Å². The van der Waals surface area contributed by atoms with Crippen molar-refractivity contribution < 1.29 is 25.8 Å². The molecule has 1 aromatic heterocycles. The predicted octanol–water partition coefficient (Wildman–Crippen LogP) is 0.912. The second kappa shape index (κ2) is 3.81. The van der Waals surface area contributed by atoms with Gasteiger partial charge in [-0.2, -0.15) is 21.6 Å². The Hall–Kier alpha value is -1.51. The van der Waals surface area contributed by atoms with Crippen molar-refractivity contribution in [3.63, 3.8) is 0 Å². The number of H-pyrrole nitrogens is 1. The van der Waals surface area contributed by atoms with Crippen LogP contribution in [0.15, 0.2) is 16.9 Å². The molecule has 0 saturated heterocycles.